The predicted octanol–water partition coefficient (Wildman–Crippen LogP) is 2.31. The SMILES string of the molecule is CCCNC(=O)c1cccc(NC(=O)C(N)CCC)c1.Cl. The molecule has 4 N–H and O–H groups in total. The molecule has 0 saturated carbocycles. The maximum Gasteiger partial charge on any atom is 0.251 e. The third kappa shape index (κ3) is 6.60. The Hall–Kier alpha value is -1.59. The van der Waals surface area contributed by atoms with Gasteiger partial charge in [-0.2, -0.15) is 0 Å². The van der Waals surface area contributed by atoms with E-state index in [0.717, 1.165) is 12.8 Å². The summed E-state index contributed by atoms with van der Waals surface area (Å²) in [6, 6.07) is 6.33. The van der Waals surface area contributed by atoms with Gasteiger partial charge < -0.3 is 16.4 Å². The number of benzene rings is 1. The van der Waals surface area contributed by atoms with Gasteiger partial charge in [-0.1, -0.05) is 26.3 Å². The Kier molecular flexibility index (Phi) is 9.41. The first-order chi connectivity index (χ1) is 9.58. The Morgan fingerprint density at radius 2 is 1.95 bits per heavy atom. The molecule has 0 aliphatic carbocycles. The lowest BCUT2D eigenvalue weighted by Crippen LogP contribution is -2.35. The van der Waals surface area contributed by atoms with Gasteiger partial charge in [0.15, 0.2) is 0 Å². The number of amides is 2. The lowest BCUT2D eigenvalue weighted by Gasteiger charge is -2.12. The van der Waals surface area contributed by atoms with Crippen molar-refractivity contribution in [2.75, 3.05) is 11.9 Å². The van der Waals surface area contributed by atoms with Crippen molar-refractivity contribution in [2.24, 2.45) is 5.73 Å². The molecule has 0 bridgehead atoms. The van der Waals surface area contributed by atoms with E-state index in [0.29, 0.717) is 24.2 Å². The predicted molar refractivity (Wildman–Crippen MR) is 87.8 cm³/mol. The van der Waals surface area contributed by atoms with Gasteiger partial charge in [-0.25, -0.2) is 0 Å². The maximum absolute atomic E-state index is 11.8. The van der Waals surface area contributed by atoms with Crippen LogP contribution in [-0.2, 0) is 4.79 Å². The van der Waals surface area contributed by atoms with Crippen LogP contribution in [0.5, 0.6) is 0 Å². The minimum absolute atomic E-state index is 0. The smallest absolute Gasteiger partial charge is 0.251 e. The van der Waals surface area contributed by atoms with Crippen LogP contribution in [-0.4, -0.2) is 24.4 Å². The summed E-state index contributed by atoms with van der Waals surface area (Å²) < 4.78 is 0. The standard InChI is InChI=1S/C15H23N3O2.ClH/c1-3-6-13(16)15(20)18-12-8-5-7-11(10-12)14(19)17-9-4-2;/h5,7-8,10,13H,3-4,6,9,16H2,1-2H3,(H,17,19)(H,18,20);1H. The van der Waals surface area contributed by atoms with Crippen LogP contribution in [0.25, 0.3) is 0 Å². The summed E-state index contributed by atoms with van der Waals surface area (Å²) in [4.78, 5) is 23.6. The highest BCUT2D eigenvalue weighted by Gasteiger charge is 2.13. The first kappa shape index (κ1) is 19.4. The van der Waals surface area contributed by atoms with Crippen LogP contribution in [0, 0.1) is 0 Å². The molecule has 1 atom stereocenters. The van der Waals surface area contributed by atoms with Crippen LogP contribution in [0.2, 0.25) is 0 Å². The molecule has 1 aromatic carbocycles. The van der Waals surface area contributed by atoms with Crippen molar-refractivity contribution in [3.8, 4) is 0 Å². The molecule has 5 nitrogen and oxygen atoms in total. The molecule has 0 spiro atoms. The van der Waals surface area contributed by atoms with Gasteiger partial charge >= 0.3 is 0 Å². The molecule has 0 heterocycles. The highest BCUT2D eigenvalue weighted by Crippen LogP contribution is 2.11. The van der Waals surface area contributed by atoms with Crippen LogP contribution in [0.1, 0.15) is 43.5 Å². The average molecular weight is 314 g/mol. The van der Waals surface area contributed by atoms with E-state index in [-0.39, 0.29) is 24.2 Å². The summed E-state index contributed by atoms with van der Waals surface area (Å²) in [5.74, 6) is -0.362. The second kappa shape index (κ2) is 10.2. The van der Waals surface area contributed by atoms with Crippen molar-refractivity contribution in [3.63, 3.8) is 0 Å². The van der Waals surface area contributed by atoms with E-state index < -0.39 is 6.04 Å². The van der Waals surface area contributed by atoms with E-state index in [2.05, 4.69) is 10.6 Å². The lowest BCUT2D eigenvalue weighted by atomic mass is 10.1. The summed E-state index contributed by atoms with van der Waals surface area (Å²) in [5.41, 5.74) is 6.86. The molecule has 0 radical (unpaired) electrons. The summed E-state index contributed by atoms with van der Waals surface area (Å²) in [6.45, 7) is 4.61. The molecule has 1 aromatic rings. The van der Waals surface area contributed by atoms with Crippen molar-refractivity contribution in [1.82, 2.24) is 5.32 Å². The van der Waals surface area contributed by atoms with Gasteiger partial charge in [0, 0.05) is 17.8 Å². The minimum atomic E-state index is -0.516. The molecule has 0 aliphatic heterocycles. The Labute approximate surface area is 132 Å². The number of nitrogens with one attached hydrogen (secondary N) is 2. The van der Waals surface area contributed by atoms with E-state index in [9.17, 15) is 9.59 Å². The van der Waals surface area contributed by atoms with E-state index in [1.54, 1.807) is 24.3 Å². The molecule has 118 valence electrons. The topological polar surface area (TPSA) is 84.2 Å². The number of hydrogen-bond acceptors (Lipinski definition) is 3. The zero-order valence-corrected chi connectivity index (χ0v) is 13.3. The molecule has 6 heteroatoms. The van der Waals surface area contributed by atoms with Gasteiger partial charge in [-0.15, -0.1) is 12.4 Å². The highest BCUT2D eigenvalue weighted by molar-refractivity contribution is 5.98. The number of nitrogens with two attached hydrogens (primary N) is 1. The van der Waals surface area contributed by atoms with Gasteiger partial charge in [0.2, 0.25) is 5.91 Å². The van der Waals surface area contributed by atoms with Crippen molar-refractivity contribution in [2.45, 2.75) is 39.2 Å². The zero-order chi connectivity index (χ0) is 15.0. The second-order valence-corrected chi connectivity index (χ2v) is 4.72. The lowest BCUT2D eigenvalue weighted by molar-refractivity contribution is -0.117. The van der Waals surface area contributed by atoms with Crippen LogP contribution in [0.3, 0.4) is 0 Å². The van der Waals surface area contributed by atoms with Gasteiger partial charge in [-0.05, 0) is 31.0 Å². The Morgan fingerprint density at radius 1 is 1.24 bits per heavy atom. The molecular formula is C15H24ClN3O2. The van der Waals surface area contributed by atoms with Crippen molar-refractivity contribution >= 4 is 29.9 Å². The third-order valence-electron chi connectivity index (χ3n) is 2.86. The highest BCUT2D eigenvalue weighted by atomic mass is 35.5. The quantitative estimate of drug-likeness (QED) is 0.722. The first-order valence-electron chi connectivity index (χ1n) is 7.03. The second-order valence-electron chi connectivity index (χ2n) is 4.72. The van der Waals surface area contributed by atoms with Gasteiger partial charge in [0.1, 0.15) is 0 Å². The number of halogens is 1. The largest absolute Gasteiger partial charge is 0.352 e. The number of hydrogen-bond donors (Lipinski definition) is 3. The summed E-state index contributed by atoms with van der Waals surface area (Å²) >= 11 is 0. The van der Waals surface area contributed by atoms with Gasteiger partial charge in [-0.3, -0.25) is 9.59 Å². The Balaban J connectivity index is 0.00000400. The van der Waals surface area contributed by atoms with Crippen LogP contribution >= 0.6 is 12.4 Å². The molecule has 1 rings (SSSR count). The van der Waals surface area contributed by atoms with Crippen molar-refractivity contribution < 1.29 is 9.59 Å². The number of anilines is 1. The molecule has 0 aliphatic rings. The number of carbonyl (C=O) groups is 2. The number of rotatable bonds is 7. The molecule has 0 saturated heterocycles. The normalized spacial score (nSPS) is 11.2. The van der Waals surface area contributed by atoms with E-state index in [4.69, 9.17) is 5.73 Å². The van der Waals surface area contributed by atoms with Crippen LogP contribution in [0.4, 0.5) is 5.69 Å². The third-order valence-corrected chi connectivity index (χ3v) is 2.86. The molecular weight excluding hydrogens is 290 g/mol. The molecule has 2 amide bonds. The Bertz CT molecular complexity index is 466. The molecule has 21 heavy (non-hydrogen) atoms. The Morgan fingerprint density at radius 3 is 2.57 bits per heavy atom. The van der Waals surface area contributed by atoms with Crippen LogP contribution < -0.4 is 16.4 Å². The monoisotopic (exact) mass is 313 g/mol. The molecule has 0 aromatic heterocycles. The van der Waals surface area contributed by atoms with E-state index >= 15 is 0 Å². The van der Waals surface area contributed by atoms with Gasteiger partial charge in [0.25, 0.3) is 5.91 Å². The summed E-state index contributed by atoms with van der Waals surface area (Å²) in [6.07, 6.45) is 2.38. The molecule has 1 unspecified atom stereocenters. The fourth-order valence-corrected chi connectivity index (χ4v) is 1.76. The average Bonchev–Trinajstić information content (AvgIpc) is 2.45. The zero-order valence-electron chi connectivity index (χ0n) is 12.5. The van der Waals surface area contributed by atoms with E-state index in [1.165, 1.54) is 0 Å². The number of carbonyl (C=O) groups excluding carboxylic acids is 2. The minimum Gasteiger partial charge on any atom is -0.352 e. The summed E-state index contributed by atoms with van der Waals surface area (Å²) in [7, 11) is 0. The van der Waals surface area contributed by atoms with Crippen molar-refractivity contribution in [3.05, 3.63) is 29.8 Å². The fourth-order valence-electron chi connectivity index (χ4n) is 1.76. The fraction of sp³-hybridized carbons (Fsp3) is 0.467. The van der Waals surface area contributed by atoms with Gasteiger partial charge in [0.05, 0.1) is 6.04 Å². The molecule has 0 fully saturated rings. The van der Waals surface area contributed by atoms with Crippen LogP contribution in [0.15, 0.2) is 24.3 Å². The summed E-state index contributed by atoms with van der Waals surface area (Å²) in [5, 5.41) is 5.53. The maximum atomic E-state index is 11.8. The first-order valence-corrected chi connectivity index (χ1v) is 7.03. The van der Waals surface area contributed by atoms with Crippen molar-refractivity contribution in [1.29, 1.82) is 0 Å². The van der Waals surface area contributed by atoms with E-state index in [1.807, 2.05) is 13.8 Å².